The number of para-hydroxylation sites is 1. The first-order chi connectivity index (χ1) is 8.25. The minimum atomic E-state index is 0.256. The highest BCUT2D eigenvalue weighted by atomic mass is 15.3. The lowest BCUT2D eigenvalue weighted by Gasteiger charge is -2.22. The van der Waals surface area contributed by atoms with Gasteiger partial charge in [-0.05, 0) is 25.0 Å². The fourth-order valence-corrected chi connectivity index (χ4v) is 2.29. The Bertz CT molecular complexity index is 554. The van der Waals surface area contributed by atoms with Crippen molar-refractivity contribution < 1.29 is 0 Å². The van der Waals surface area contributed by atoms with Crippen molar-refractivity contribution in [3.8, 4) is 0 Å². The number of aromatic nitrogens is 3. The number of nitrogen functional groups attached to an aromatic ring is 1. The van der Waals surface area contributed by atoms with Gasteiger partial charge < -0.3 is 10.6 Å². The van der Waals surface area contributed by atoms with E-state index in [2.05, 4.69) is 45.0 Å². The number of fused-ring (bicyclic) bond motifs is 1. The second-order valence-corrected chi connectivity index (χ2v) is 4.20. The van der Waals surface area contributed by atoms with Crippen molar-refractivity contribution in [1.29, 1.82) is 0 Å². The number of nitrogens with two attached hydrogens (primary N) is 1. The van der Waals surface area contributed by atoms with E-state index >= 15 is 0 Å². The molecule has 2 aromatic rings. The van der Waals surface area contributed by atoms with Gasteiger partial charge in [0.25, 0.3) is 0 Å². The zero-order valence-electron chi connectivity index (χ0n) is 9.54. The molecular weight excluding hydrogens is 214 g/mol. The maximum atomic E-state index is 5.60. The third kappa shape index (κ3) is 1.60. The van der Waals surface area contributed by atoms with Crippen LogP contribution in [-0.2, 0) is 6.42 Å². The number of anilines is 3. The van der Waals surface area contributed by atoms with Crippen LogP contribution in [0.15, 0.2) is 30.6 Å². The first kappa shape index (κ1) is 10.0. The molecule has 0 amide bonds. The van der Waals surface area contributed by atoms with Crippen LogP contribution in [0.2, 0.25) is 0 Å². The van der Waals surface area contributed by atoms with E-state index in [-0.39, 0.29) is 5.95 Å². The Labute approximate surface area is 99.3 Å². The normalized spacial score (nSPS) is 18.2. The van der Waals surface area contributed by atoms with Crippen molar-refractivity contribution >= 4 is 17.6 Å². The second-order valence-electron chi connectivity index (χ2n) is 4.20. The summed E-state index contributed by atoms with van der Waals surface area (Å²) in [5, 5.41) is 0. The summed E-state index contributed by atoms with van der Waals surface area (Å²) in [6, 6.07) is 8.63. The Kier molecular flexibility index (Phi) is 2.18. The van der Waals surface area contributed by atoms with Gasteiger partial charge in [-0.25, -0.2) is 9.97 Å². The first-order valence-electron chi connectivity index (χ1n) is 5.57. The quantitative estimate of drug-likeness (QED) is 0.800. The van der Waals surface area contributed by atoms with Crippen molar-refractivity contribution in [2.75, 3.05) is 10.6 Å². The fourth-order valence-electron chi connectivity index (χ4n) is 2.29. The van der Waals surface area contributed by atoms with Gasteiger partial charge in [0.15, 0.2) is 0 Å². The summed E-state index contributed by atoms with van der Waals surface area (Å²) in [6.45, 7) is 2.15. The molecule has 3 rings (SSSR count). The third-order valence-corrected chi connectivity index (χ3v) is 3.00. The van der Waals surface area contributed by atoms with Crippen LogP contribution in [0, 0.1) is 0 Å². The molecule has 0 saturated heterocycles. The smallest absolute Gasteiger partial charge is 0.234 e. The van der Waals surface area contributed by atoms with E-state index < -0.39 is 0 Å². The van der Waals surface area contributed by atoms with Gasteiger partial charge in [0.2, 0.25) is 11.9 Å². The lowest BCUT2D eigenvalue weighted by molar-refractivity contribution is 0.737. The van der Waals surface area contributed by atoms with Crippen LogP contribution >= 0.6 is 0 Å². The van der Waals surface area contributed by atoms with Gasteiger partial charge in [-0.1, -0.05) is 18.2 Å². The second kappa shape index (κ2) is 3.69. The summed E-state index contributed by atoms with van der Waals surface area (Å²) in [5.41, 5.74) is 8.08. The largest absolute Gasteiger partial charge is 0.368 e. The lowest BCUT2D eigenvalue weighted by Crippen LogP contribution is -2.26. The molecule has 1 aromatic heterocycles. The van der Waals surface area contributed by atoms with Crippen molar-refractivity contribution in [3.05, 3.63) is 36.2 Å². The van der Waals surface area contributed by atoms with Crippen LogP contribution in [0.5, 0.6) is 0 Å². The number of hydrogen-bond donors (Lipinski definition) is 1. The molecule has 17 heavy (non-hydrogen) atoms. The SMILES string of the molecule is C[C@H]1Cc2ccccc2N1c1ncnc(N)n1. The van der Waals surface area contributed by atoms with E-state index in [9.17, 15) is 0 Å². The van der Waals surface area contributed by atoms with Gasteiger partial charge in [0, 0.05) is 11.7 Å². The Hall–Kier alpha value is -2.17. The molecule has 1 aliphatic heterocycles. The van der Waals surface area contributed by atoms with Crippen molar-refractivity contribution in [2.45, 2.75) is 19.4 Å². The van der Waals surface area contributed by atoms with Crippen LogP contribution in [0.25, 0.3) is 0 Å². The van der Waals surface area contributed by atoms with Crippen molar-refractivity contribution in [3.63, 3.8) is 0 Å². The average Bonchev–Trinajstić information content (AvgIpc) is 2.64. The van der Waals surface area contributed by atoms with Crippen LogP contribution in [0.3, 0.4) is 0 Å². The maximum absolute atomic E-state index is 5.60. The van der Waals surface area contributed by atoms with Gasteiger partial charge in [0.1, 0.15) is 6.33 Å². The Balaban J connectivity index is 2.09. The number of rotatable bonds is 1. The molecule has 2 N–H and O–H groups in total. The standard InChI is InChI=1S/C12H13N5/c1-8-6-9-4-2-3-5-10(9)17(8)12-15-7-14-11(13)16-12/h2-5,7-8H,6H2,1H3,(H2,13,14,15,16)/t8-/m0/s1. The van der Waals surface area contributed by atoms with Gasteiger partial charge in [-0.2, -0.15) is 4.98 Å². The van der Waals surface area contributed by atoms with E-state index in [0.29, 0.717) is 12.0 Å². The Morgan fingerprint density at radius 3 is 2.94 bits per heavy atom. The van der Waals surface area contributed by atoms with Gasteiger partial charge >= 0.3 is 0 Å². The molecule has 1 aromatic carbocycles. The zero-order chi connectivity index (χ0) is 11.8. The van der Waals surface area contributed by atoms with E-state index in [4.69, 9.17) is 5.73 Å². The predicted octanol–water partition coefficient (Wildman–Crippen LogP) is 1.54. The van der Waals surface area contributed by atoms with Gasteiger partial charge in [-0.3, -0.25) is 0 Å². The van der Waals surface area contributed by atoms with E-state index in [0.717, 1.165) is 12.1 Å². The fraction of sp³-hybridized carbons (Fsp3) is 0.250. The highest BCUT2D eigenvalue weighted by Gasteiger charge is 2.28. The molecule has 0 unspecified atom stereocenters. The minimum Gasteiger partial charge on any atom is -0.368 e. The van der Waals surface area contributed by atoms with Crippen LogP contribution in [-0.4, -0.2) is 21.0 Å². The van der Waals surface area contributed by atoms with E-state index in [1.807, 2.05) is 6.07 Å². The molecule has 5 nitrogen and oxygen atoms in total. The summed E-state index contributed by atoms with van der Waals surface area (Å²) in [6.07, 6.45) is 2.45. The molecule has 0 aliphatic carbocycles. The molecule has 2 heterocycles. The third-order valence-electron chi connectivity index (χ3n) is 3.00. The minimum absolute atomic E-state index is 0.256. The predicted molar refractivity (Wildman–Crippen MR) is 66.0 cm³/mol. The highest BCUT2D eigenvalue weighted by molar-refractivity contribution is 5.67. The highest BCUT2D eigenvalue weighted by Crippen LogP contribution is 2.35. The maximum Gasteiger partial charge on any atom is 0.234 e. The van der Waals surface area contributed by atoms with Crippen LogP contribution in [0.1, 0.15) is 12.5 Å². The van der Waals surface area contributed by atoms with Gasteiger partial charge in [-0.15, -0.1) is 0 Å². The van der Waals surface area contributed by atoms with E-state index in [1.54, 1.807) is 0 Å². The molecule has 0 saturated carbocycles. The average molecular weight is 227 g/mol. The first-order valence-corrected chi connectivity index (χ1v) is 5.57. The zero-order valence-corrected chi connectivity index (χ0v) is 9.54. The number of nitrogens with zero attached hydrogens (tertiary/aromatic N) is 4. The summed E-state index contributed by atoms with van der Waals surface area (Å²) in [7, 11) is 0. The molecule has 0 spiro atoms. The van der Waals surface area contributed by atoms with Gasteiger partial charge in [0.05, 0.1) is 0 Å². The lowest BCUT2D eigenvalue weighted by atomic mass is 10.1. The monoisotopic (exact) mass is 227 g/mol. The molecule has 0 fully saturated rings. The topological polar surface area (TPSA) is 67.9 Å². The molecule has 1 atom stereocenters. The van der Waals surface area contributed by atoms with E-state index in [1.165, 1.54) is 11.9 Å². The molecule has 0 bridgehead atoms. The van der Waals surface area contributed by atoms with Crippen molar-refractivity contribution in [1.82, 2.24) is 15.0 Å². The summed E-state index contributed by atoms with van der Waals surface area (Å²) >= 11 is 0. The molecule has 86 valence electrons. The molecule has 5 heteroatoms. The molecule has 0 radical (unpaired) electrons. The summed E-state index contributed by atoms with van der Waals surface area (Å²) in [4.78, 5) is 14.3. The van der Waals surface area contributed by atoms with Crippen LogP contribution in [0.4, 0.5) is 17.6 Å². The van der Waals surface area contributed by atoms with Crippen molar-refractivity contribution in [2.24, 2.45) is 0 Å². The summed E-state index contributed by atoms with van der Waals surface area (Å²) < 4.78 is 0. The number of hydrogen-bond acceptors (Lipinski definition) is 5. The molecular formula is C12H13N5. The summed E-state index contributed by atoms with van der Waals surface area (Å²) in [5.74, 6) is 0.876. The molecule has 1 aliphatic rings. The Morgan fingerprint density at radius 2 is 2.12 bits per heavy atom. The van der Waals surface area contributed by atoms with Crippen LogP contribution < -0.4 is 10.6 Å². The number of benzene rings is 1. The Morgan fingerprint density at radius 1 is 1.29 bits per heavy atom.